The van der Waals surface area contributed by atoms with Crippen LogP contribution in [0, 0.1) is 0 Å². The third-order valence-corrected chi connectivity index (χ3v) is 4.23. The number of phenolic OH excluding ortho intramolecular Hbond substituents is 1. The van der Waals surface area contributed by atoms with Crippen LogP contribution < -0.4 is 5.32 Å². The molecule has 0 aliphatic carbocycles. The number of hydrogen-bond donors (Lipinski definition) is 2. The standard InChI is InChI=1S/C16H24N2O3/c1-18-8-6-16(7-9-18,11-15(20)21-2)17-12-13-4-3-5-14(19)10-13/h3-5,10,17,19H,6-9,11-12H2,1-2H3. The number of likely N-dealkylation sites (tertiary alicyclic amines) is 1. The predicted octanol–water partition coefficient (Wildman–Crippen LogP) is 1.51. The molecule has 2 rings (SSSR count). The van der Waals surface area contributed by atoms with E-state index in [0.717, 1.165) is 31.5 Å². The van der Waals surface area contributed by atoms with Gasteiger partial charge in [0, 0.05) is 12.1 Å². The van der Waals surface area contributed by atoms with E-state index < -0.39 is 0 Å². The lowest BCUT2D eigenvalue weighted by Crippen LogP contribution is -2.53. The van der Waals surface area contributed by atoms with Crippen LogP contribution in [0.2, 0.25) is 0 Å². The van der Waals surface area contributed by atoms with Crippen molar-refractivity contribution in [2.75, 3.05) is 27.2 Å². The lowest BCUT2D eigenvalue weighted by molar-refractivity contribution is -0.143. The molecule has 1 saturated heterocycles. The quantitative estimate of drug-likeness (QED) is 0.806. The van der Waals surface area contributed by atoms with Crippen molar-refractivity contribution in [3.63, 3.8) is 0 Å². The molecule has 0 spiro atoms. The van der Waals surface area contributed by atoms with Crippen molar-refractivity contribution in [1.82, 2.24) is 10.2 Å². The van der Waals surface area contributed by atoms with Crippen molar-refractivity contribution < 1.29 is 14.6 Å². The average molecular weight is 292 g/mol. The van der Waals surface area contributed by atoms with Gasteiger partial charge in [-0.15, -0.1) is 0 Å². The smallest absolute Gasteiger partial charge is 0.307 e. The number of ether oxygens (including phenoxy) is 1. The van der Waals surface area contributed by atoms with Gasteiger partial charge in [0.05, 0.1) is 13.5 Å². The zero-order valence-electron chi connectivity index (χ0n) is 12.8. The number of benzene rings is 1. The van der Waals surface area contributed by atoms with E-state index in [1.165, 1.54) is 7.11 Å². The summed E-state index contributed by atoms with van der Waals surface area (Å²) in [6.07, 6.45) is 2.21. The number of nitrogens with one attached hydrogen (secondary N) is 1. The molecule has 1 heterocycles. The average Bonchev–Trinajstić information content (AvgIpc) is 2.48. The monoisotopic (exact) mass is 292 g/mol. The number of hydrogen-bond acceptors (Lipinski definition) is 5. The Bertz CT molecular complexity index is 482. The molecular formula is C16H24N2O3. The minimum atomic E-state index is -0.217. The van der Waals surface area contributed by atoms with E-state index >= 15 is 0 Å². The summed E-state index contributed by atoms with van der Waals surface area (Å²) in [6, 6.07) is 7.19. The fourth-order valence-corrected chi connectivity index (χ4v) is 2.77. The summed E-state index contributed by atoms with van der Waals surface area (Å²) in [5.74, 6) is 0.0858. The predicted molar refractivity (Wildman–Crippen MR) is 81.0 cm³/mol. The minimum Gasteiger partial charge on any atom is -0.508 e. The van der Waals surface area contributed by atoms with Gasteiger partial charge in [-0.3, -0.25) is 4.79 Å². The topological polar surface area (TPSA) is 61.8 Å². The number of carbonyl (C=O) groups excluding carboxylic acids is 1. The highest BCUT2D eigenvalue weighted by Gasteiger charge is 2.35. The molecule has 2 N–H and O–H groups in total. The highest BCUT2D eigenvalue weighted by Crippen LogP contribution is 2.26. The van der Waals surface area contributed by atoms with E-state index in [-0.39, 0.29) is 17.3 Å². The van der Waals surface area contributed by atoms with Crippen LogP contribution in [-0.4, -0.2) is 48.8 Å². The van der Waals surface area contributed by atoms with Gasteiger partial charge in [0.15, 0.2) is 0 Å². The first kappa shape index (κ1) is 15.8. The van der Waals surface area contributed by atoms with Crippen molar-refractivity contribution in [3.8, 4) is 5.75 Å². The molecule has 0 bridgehead atoms. The van der Waals surface area contributed by atoms with Crippen molar-refractivity contribution >= 4 is 5.97 Å². The maximum absolute atomic E-state index is 11.7. The van der Waals surface area contributed by atoms with Crippen molar-refractivity contribution in [3.05, 3.63) is 29.8 Å². The highest BCUT2D eigenvalue weighted by molar-refractivity contribution is 5.70. The van der Waals surface area contributed by atoms with Crippen LogP contribution in [0.15, 0.2) is 24.3 Å². The van der Waals surface area contributed by atoms with Crippen molar-refractivity contribution in [2.45, 2.75) is 31.3 Å². The minimum absolute atomic E-state index is 0.178. The summed E-state index contributed by atoms with van der Waals surface area (Å²) in [7, 11) is 3.53. The Morgan fingerprint density at radius 1 is 1.43 bits per heavy atom. The molecule has 0 radical (unpaired) electrons. The summed E-state index contributed by atoms with van der Waals surface area (Å²) in [4.78, 5) is 14.0. The summed E-state index contributed by atoms with van der Waals surface area (Å²) in [5.41, 5.74) is 0.795. The van der Waals surface area contributed by atoms with Crippen LogP contribution in [0.5, 0.6) is 5.75 Å². The largest absolute Gasteiger partial charge is 0.508 e. The Labute approximate surface area is 125 Å². The molecule has 1 aromatic rings. The van der Waals surface area contributed by atoms with Crippen LogP contribution in [-0.2, 0) is 16.1 Å². The SMILES string of the molecule is COC(=O)CC1(NCc2cccc(O)c2)CCN(C)CC1. The second-order valence-electron chi connectivity index (χ2n) is 5.86. The van der Waals surface area contributed by atoms with Gasteiger partial charge in [-0.1, -0.05) is 12.1 Å². The van der Waals surface area contributed by atoms with Crippen LogP contribution in [0.3, 0.4) is 0 Å². The molecule has 0 aromatic heterocycles. The van der Waals surface area contributed by atoms with Gasteiger partial charge in [-0.05, 0) is 50.7 Å². The van der Waals surface area contributed by atoms with E-state index in [9.17, 15) is 9.90 Å². The fourth-order valence-electron chi connectivity index (χ4n) is 2.77. The molecule has 1 aromatic carbocycles. The van der Waals surface area contributed by atoms with Gasteiger partial charge < -0.3 is 20.1 Å². The molecular weight excluding hydrogens is 268 g/mol. The molecule has 21 heavy (non-hydrogen) atoms. The second kappa shape index (κ2) is 6.91. The first-order chi connectivity index (χ1) is 10.0. The number of aromatic hydroxyl groups is 1. The van der Waals surface area contributed by atoms with Gasteiger partial charge in [0.1, 0.15) is 5.75 Å². The third-order valence-electron chi connectivity index (χ3n) is 4.23. The molecule has 116 valence electrons. The summed E-state index contributed by atoms with van der Waals surface area (Å²) in [5, 5.41) is 13.0. The number of nitrogens with zero attached hydrogens (tertiary/aromatic N) is 1. The van der Waals surface area contributed by atoms with E-state index in [2.05, 4.69) is 17.3 Å². The van der Waals surface area contributed by atoms with Crippen LogP contribution in [0.25, 0.3) is 0 Å². The van der Waals surface area contributed by atoms with Crippen molar-refractivity contribution in [2.24, 2.45) is 0 Å². The molecule has 1 fully saturated rings. The zero-order chi connectivity index (χ0) is 15.3. The van der Waals surface area contributed by atoms with E-state index in [4.69, 9.17) is 4.74 Å². The van der Waals surface area contributed by atoms with Crippen LogP contribution in [0.1, 0.15) is 24.8 Å². The van der Waals surface area contributed by atoms with E-state index in [0.29, 0.717) is 13.0 Å². The maximum atomic E-state index is 11.7. The molecule has 1 aliphatic rings. The molecule has 0 unspecified atom stereocenters. The van der Waals surface area contributed by atoms with Crippen molar-refractivity contribution in [1.29, 1.82) is 0 Å². The van der Waals surface area contributed by atoms with Gasteiger partial charge >= 0.3 is 5.97 Å². The number of carbonyl (C=O) groups is 1. The number of rotatable bonds is 5. The first-order valence-corrected chi connectivity index (χ1v) is 7.31. The maximum Gasteiger partial charge on any atom is 0.307 e. The van der Waals surface area contributed by atoms with Gasteiger partial charge in [0.2, 0.25) is 0 Å². The lowest BCUT2D eigenvalue weighted by atomic mass is 9.84. The summed E-state index contributed by atoms with van der Waals surface area (Å²) in [6.45, 7) is 2.56. The lowest BCUT2D eigenvalue weighted by Gasteiger charge is -2.41. The molecule has 0 amide bonds. The molecule has 5 heteroatoms. The molecule has 5 nitrogen and oxygen atoms in total. The Hall–Kier alpha value is -1.59. The number of phenols is 1. The van der Waals surface area contributed by atoms with E-state index in [1.807, 2.05) is 12.1 Å². The van der Waals surface area contributed by atoms with Gasteiger partial charge in [-0.2, -0.15) is 0 Å². The Morgan fingerprint density at radius 3 is 2.76 bits per heavy atom. The summed E-state index contributed by atoms with van der Waals surface area (Å²) < 4.78 is 4.84. The fraction of sp³-hybridized carbons (Fsp3) is 0.562. The second-order valence-corrected chi connectivity index (χ2v) is 5.86. The summed E-state index contributed by atoms with van der Waals surface area (Å²) >= 11 is 0. The third kappa shape index (κ3) is 4.44. The van der Waals surface area contributed by atoms with Gasteiger partial charge in [0.25, 0.3) is 0 Å². The number of piperidine rings is 1. The van der Waals surface area contributed by atoms with Crippen LogP contribution in [0.4, 0.5) is 0 Å². The molecule has 0 saturated carbocycles. The van der Waals surface area contributed by atoms with Crippen LogP contribution >= 0.6 is 0 Å². The van der Waals surface area contributed by atoms with E-state index in [1.54, 1.807) is 12.1 Å². The Kier molecular flexibility index (Phi) is 5.20. The first-order valence-electron chi connectivity index (χ1n) is 7.31. The normalized spacial score (nSPS) is 18.4. The van der Waals surface area contributed by atoms with Gasteiger partial charge in [-0.25, -0.2) is 0 Å². The highest BCUT2D eigenvalue weighted by atomic mass is 16.5. The Balaban J connectivity index is 2.03. The molecule has 1 aliphatic heterocycles. The number of methoxy groups -OCH3 is 1. The molecule has 0 atom stereocenters. The Morgan fingerprint density at radius 2 is 2.14 bits per heavy atom. The zero-order valence-corrected chi connectivity index (χ0v) is 12.8. The number of esters is 1.